The quantitative estimate of drug-likeness (QED) is 0.702. The van der Waals surface area contributed by atoms with Crippen LogP contribution in [0.15, 0.2) is 36.5 Å². The average Bonchev–Trinajstić information content (AvgIpc) is 2.85. The van der Waals surface area contributed by atoms with Gasteiger partial charge in [-0.05, 0) is 50.3 Å². The summed E-state index contributed by atoms with van der Waals surface area (Å²) in [6.45, 7) is 3.22. The third-order valence-electron chi connectivity index (χ3n) is 4.54. The van der Waals surface area contributed by atoms with Crippen molar-refractivity contribution in [1.82, 2.24) is 4.98 Å². The van der Waals surface area contributed by atoms with E-state index in [0.717, 1.165) is 17.0 Å². The van der Waals surface area contributed by atoms with Gasteiger partial charge in [-0.1, -0.05) is 0 Å². The fourth-order valence-corrected chi connectivity index (χ4v) is 3.61. The molecule has 150 valence electrons. The van der Waals surface area contributed by atoms with Crippen LogP contribution in [0, 0.1) is 11.3 Å². The highest BCUT2D eigenvalue weighted by molar-refractivity contribution is 7.81. The molecule has 1 aliphatic rings. The molecule has 2 heterocycles. The van der Waals surface area contributed by atoms with Gasteiger partial charge in [0.15, 0.2) is 5.11 Å². The number of rotatable bonds is 3. The summed E-state index contributed by atoms with van der Waals surface area (Å²) in [5, 5.41) is 8.98. The van der Waals surface area contributed by atoms with E-state index in [-0.39, 0.29) is 10.8 Å². The Morgan fingerprint density at radius 2 is 1.86 bits per heavy atom. The van der Waals surface area contributed by atoms with Crippen molar-refractivity contribution in [1.29, 1.82) is 5.26 Å². The summed E-state index contributed by atoms with van der Waals surface area (Å²) in [6.07, 6.45) is -3.29. The number of aromatic nitrogens is 1. The van der Waals surface area contributed by atoms with Gasteiger partial charge < -0.3 is 9.64 Å². The molecule has 3 rings (SSSR count). The number of hydrogen-bond donors (Lipinski definition) is 0. The molecule has 1 saturated heterocycles. The highest BCUT2D eigenvalue weighted by Crippen LogP contribution is 2.39. The van der Waals surface area contributed by atoms with E-state index in [1.54, 1.807) is 26.0 Å². The molecule has 1 aromatic carbocycles. The van der Waals surface area contributed by atoms with E-state index in [1.165, 1.54) is 30.3 Å². The number of amides is 1. The summed E-state index contributed by atoms with van der Waals surface area (Å²) >= 11 is 5.44. The normalized spacial score (nSPS) is 16.2. The fourth-order valence-electron chi connectivity index (χ4n) is 3.08. The van der Waals surface area contributed by atoms with Gasteiger partial charge in [-0.15, -0.1) is 0 Å². The van der Waals surface area contributed by atoms with Crippen molar-refractivity contribution >= 4 is 34.6 Å². The van der Waals surface area contributed by atoms with Crippen LogP contribution >= 0.6 is 12.2 Å². The summed E-state index contributed by atoms with van der Waals surface area (Å²) in [4.78, 5) is 19.7. The Labute approximate surface area is 170 Å². The number of pyridine rings is 1. The number of thiocarbonyl (C=S) groups is 1. The Hall–Kier alpha value is -3.19. The SMILES string of the molecule is COc1ccc(N2C(=S)N(c3ccc(C#N)c(C(F)(F)F)c3)C(=O)C2(C)C)cn1. The lowest BCUT2D eigenvalue weighted by atomic mass is 10.0. The van der Waals surface area contributed by atoms with Gasteiger partial charge in [0.2, 0.25) is 5.88 Å². The maximum Gasteiger partial charge on any atom is 0.417 e. The number of benzene rings is 1. The Morgan fingerprint density at radius 3 is 2.38 bits per heavy atom. The Balaban J connectivity index is 2.09. The molecule has 1 fully saturated rings. The van der Waals surface area contributed by atoms with E-state index in [9.17, 15) is 18.0 Å². The van der Waals surface area contributed by atoms with Crippen molar-refractivity contribution < 1.29 is 22.7 Å². The first kappa shape index (κ1) is 20.5. The topological polar surface area (TPSA) is 69.5 Å². The summed E-state index contributed by atoms with van der Waals surface area (Å²) < 4.78 is 45.0. The minimum absolute atomic E-state index is 0.00444. The average molecular weight is 420 g/mol. The molecule has 0 radical (unpaired) electrons. The van der Waals surface area contributed by atoms with E-state index in [4.69, 9.17) is 22.2 Å². The number of nitrogens with zero attached hydrogens (tertiary/aromatic N) is 4. The van der Waals surface area contributed by atoms with Crippen molar-refractivity contribution in [2.75, 3.05) is 16.9 Å². The maximum absolute atomic E-state index is 13.3. The van der Waals surface area contributed by atoms with E-state index in [2.05, 4.69) is 4.98 Å². The van der Waals surface area contributed by atoms with Gasteiger partial charge in [-0.25, -0.2) is 4.98 Å². The number of nitriles is 1. The molecule has 1 aromatic heterocycles. The number of anilines is 2. The van der Waals surface area contributed by atoms with Crippen molar-refractivity contribution in [3.8, 4) is 11.9 Å². The smallest absolute Gasteiger partial charge is 0.417 e. The lowest BCUT2D eigenvalue weighted by Crippen LogP contribution is -2.44. The lowest BCUT2D eigenvalue weighted by Gasteiger charge is -2.29. The molecule has 0 N–H and O–H groups in total. The van der Waals surface area contributed by atoms with Gasteiger partial charge in [0.05, 0.1) is 41.9 Å². The molecule has 2 aromatic rings. The van der Waals surface area contributed by atoms with Crippen LogP contribution in [0.5, 0.6) is 5.88 Å². The van der Waals surface area contributed by atoms with Gasteiger partial charge >= 0.3 is 6.18 Å². The van der Waals surface area contributed by atoms with E-state index in [1.807, 2.05) is 0 Å². The molecule has 10 heteroatoms. The standard InChI is InChI=1S/C19H15F3N4O2S/c1-18(2)16(27)25(12-5-4-11(9-23)14(8-12)19(20,21)22)17(29)26(18)13-6-7-15(28-3)24-10-13/h4-8,10H,1-3H3. The summed E-state index contributed by atoms with van der Waals surface area (Å²) in [7, 11) is 1.46. The monoisotopic (exact) mass is 420 g/mol. The number of methoxy groups -OCH3 is 1. The molecular weight excluding hydrogens is 405 g/mol. The molecule has 0 saturated carbocycles. The van der Waals surface area contributed by atoms with Gasteiger partial charge in [0.1, 0.15) is 5.54 Å². The first-order valence-electron chi connectivity index (χ1n) is 8.32. The number of carbonyl (C=O) groups excluding carboxylic acids is 1. The van der Waals surface area contributed by atoms with Crippen LogP contribution in [-0.2, 0) is 11.0 Å². The second-order valence-electron chi connectivity index (χ2n) is 6.72. The van der Waals surface area contributed by atoms with Gasteiger partial charge in [-0.3, -0.25) is 9.69 Å². The van der Waals surface area contributed by atoms with Crippen molar-refractivity contribution in [3.05, 3.63) is 47.7 Å². The minimum atomic E-state index is -4.75. The van der Waals surface area contributed by atoms with Crippen LogP contribution in [-0.4, -0.2) is 28.7 Å². The molecule has 0 atom stereocenters. The van der Waals surface area contributed by atoms with Crippen LogP contribution in [0.4, 0.5) is 24.5 Å². The maximum atomic E-state index is 13.3. The zero-order chi connectivity index (χ0) is 21.6. The first-order valence-corrected chi connectivity index (χ1v) is 8.73. The molecule has 0 spiro atoms. The first-order chi connectivity index (χ1) is 13.5. The lowest BCUT2D eigenvalue weighted by molar-refractivity contribution is -0.137. The predicted molar refractivity (Wildman–Crippen MR) is 104 cm³/mol. The zero-order valence-corrected chi connectivity index (χ0v) is 16.4. The van der Waals surface area contributed by atoms with Gasteiger partial charge in [0, 0.05) is 6.07 Å². The fraction of sp³-hybridized carbons (Fsp3) is 0.263. The van der Waals surface area contributed by atoms with Crippen LogP contribution in [0.1, 0.15) is 25.0 Å². The number of alkyl halides is 3. The number of halogens is 3. The highest BCUT2D eigenvalue weighted by Gasteiger charge is 2.50. The largest absolute Gasteiger partial charge is 0.481 e. The molecule has 1 amide bonds. The van der Waals surface area contributed by atoms with E-state index >= 15 is 0 Å². The number of carbonyl (C=O) groups is 1. The molecule has 0 unspecified atom stereocenters. The van der Waals surface area contributed by atoms with E-state index < -0.39 is 28.7 Å². The third-order valence-corrected chi connectivity index (χ3v) is 4.91. The Bertz CT molecular complexity index is 1030. The Kier molecular flexibility index (Phi) is 4.96. The molecular formula is C19H15F3N4O2S. The predicted octanol–water partition coefficient (Wildman–Crippen LogP) is 3.90. The van der Waals surface area contributed by atoms with Crippen LogP contribution < -0.4 is 14.5 Å². The minimum Gasteiger partial charge on any atom is -0.481 e. The molecule has 1 aliphatic heterocycles. The van der Waals surface area contributed by atoms with Crippen molar-refractivity contribution in [3.63, 3.8) is 0 Å². The van der Waals surface area contributed by atoms with E-state index in [0.29, 0.717) is 11.6 Å². The zero-order valence-electron chi connectivity index (χ0n) is 15.6. The van der Waals surface area contributed by atoms with Crippen molar-refractivity contribution in [2.45, 2.75) is 25.6 Å². The summed E-state index contributed by atoms with van der Waals surface area (Å²) in [6, 6.07) is 7.81. The second-order valence-corrected chi connectivity index (χ2v) is 7.08. The number of hydrogen-bond acceptors (Lipinski definition) is 5. The number of ether oxygens (including phenoxy) is 1. The molecule has 0 bridgehead atoms. The van der Waals surface area contributed by atoms with Gasteiger partial charge in [-0.2, -0.15) is 18.4 Å². The second kappa shape index (κ2) is 7.00. The molecule has 6 nitrogen and oxygen atoms in total. The van der Waals surface area contributed by atoms with Crippen LogP contribution in [0.25, 0.3) is 0 Å². The van der Waals surface area contributed by atoms with Crippen molar-refractivity contribution in [2.24, 2.45) is 0 Å². The molecule has 29 heavy (non-hydrogen) atoms. The third kappa shape index (κ3) is 3.38. The summed E-state index contributed by atoms with van der Waals surface area (Å²) in [5.74, 6) is -0.141. The Morgan fingerprint density at radius 1 is 1.21 bits per heavy atom. The van der Waals surface area contributed by atoms with Gasteiger partial charge in [0.25, 0.3) is 5.91 Å². The highest BCUT2D eigenvalue weighted by atomic mass is 32.1. The van der Waals surface area contributed by atoms with Crippen LogP contribution in [0.2, 0.25) is 0 Å². The molecule has 0 aliphatic carbocycles. The van der Waals surface area contributed by atoms with Crippen LogP contribution in [0.3, 0.4) is 0 Å². The summed E-state index contributed by atoms with van der Waals surface area (Å²) in [5.41, 5.74) is -2.41.